The fraction of sp³-hybridized carbons (Fsp3) is 0.294. The number of nitro benzene ring substituents is 1. The molecule has 1 aromatic heterocycles. The zero-order valence-electron chi connectivity index (χ0n) is 14.1. The fourth-order valence-electron chi connectivity index (χ4n) is 2.99. The molecule has 0 bridgehead atoms. The summed E-state index contributed by atoms with van der Waals surface area (Å²) < 4.78 is 0. The molecule has 2 aromatic rings. The zero-order chi connectivity index (χ0) is 19.0. The molecule has 1 atom stereocenters. The number of hydrogen-bond acceptors (Lipinski definition) is 6. The third kappa shape index (κ3) is 3.41. The third-order valence-corrected chi connectivity index (χ3v) is 4.45. The Balaban J connectivity index is 1.87. The number of fused-ring (bicyclic) bond motifs is 1. The van der Waals surface area contributed by atoms with Gasteiger partial charge in [0, 0.05) is 18.1 Å². The van der Waals surface area contributed by atoms with Crippen LogP contribution in [0.15, 0.2) is 18.2 Å². The number of aryl methyl sites for hydroxylation is 1. The van der Waals surface area contributed by atoms with Crippen molar-refractivity contribution in [3.8, 4) is 0 Å². The molecule has 3 rings (SSSR count). The van der Waals surface area contributed by atoms with Crippen LogP contribution in [-0.4, -0.2) is 26.6 Å². The van der Waals surface area contributed by atoms with Gasteiger partial charge < -0.3 is 0 Å². The average Bonchev–Trinajstić information content (AvgIpc) is 2.53. The fourth-order valence-corrected chi connectivity index (χ4v) is 3.24. The Morgan fingerprint density at radius 2 is 2.08 bits per heavy atom. The molecular weight excluding hydrogens is 360 g/mol. The average molecular weight is 375 g/mol. The lowest BCUT2D eigenvalue weighted by Crippen LogP contribution is -2.23. The van der Waals surface area contributed by atoms with Crippen molar-refractivity contribution in [3.63, 3.8) is 0 Å². The van der Waals surface area contributed by atoms with E-state index >= 15 is 0 Å². The normalized spacial score (nSPS) is 16.1. The van der Waals surface area contributed by atoms with Gasteiger partial charge in [-0.25, -0.2) is 9.97 Å². The van der Waals surface area contributed by atoms with Crippen LogP contribution in [0, 0.1) is 23.0 Å². The first-order chi connectivity index (χ1) is 12.3. The predicted molar refractivity (Wildman–Crippen MR) is 94.6 cm³/mol. The first-order valence-electron chi connectivity index (χ1n) is 7.92. The largest absolute Gasteiger partial charge is 0.294 e. The summed E-state index contributed by atoms with van der Waals surface area (Å²) in [5, 5.41) is 13.2. The Bertz CT molecular complexity index is 945. The van der Waals surface area contributed by atoms with Crippen molar-refractivity contribution in [1.29, 1.82) is 0 Å². The molecule has 0 fully saturated rings. The summed E-state index contributed by atoms with van der Waals surface area (Å²) in [6, 6.07) is 3.68. The molecule has 1 N–H and O–H groups in total. The number of Topliss-reactive ketones (excluding diaryl/α,β-unsaturated/α-hetero) is 1. The number of carbonyl (C=O) groups is 2. The standard InChI is InChI=1S/C17H15ClN4O4/c1-8-5-12-15(14(23)6-8)9(2)19-17(20-12)21-16(24)10-3-4-13(22(25)26)11(18)7-10/h3-4,7-8H,5-6H2,1-2H3,(H,19,20,21,24). The summed E-state index contributed by atoms with van der Waals surface area (Å²) in [5.74, 6) is -0.267. The summed E-state index contributed by atoms with van der Waals surface area (Å²) in [5.41, 5.74) is 1.53. The van der Waals surface area contributed by atoms with Gasteiger partial charge in [0.05, 0.1) is 21.9 Å². The number of carbonyl (C=O) groups excluding carboxylic acids is 2. The van der Waals surface area contributed by atoms with Crippen molar-refractivity contribution in [3.05, 3.63) is 55.9 Å². The molecule has 0 spiro atoms. The molecule has 0 saturated carbocycles. The second kappa shape index (κ2) is 6.80. The van der Waals surface area contributed by atoms with E-state index in [1.807, 2.05) is 6.92 Å². The molecule has 1 aliphatic rings. The molecule has 0 aliphatic heterocycles. The number of hydrogen-bond donors (Lipinski definition) is 1. The number of ketones is 1. The molecular formula is C17H15ClN4O4. The minimum Gasteiger partial charge on any atom is -0.294 e. The number of rotatable bonds is 3. The number of anilines is 1. The third-order valence-electron chi connectivity index (χ3n) is 4.15. The van der Waals surface area contributed by atoms with Crippen molar-refractivity contribution in [2.24, 2.45) is 5.92 Å². The van der Waals surface area contributed by atoms with Gasteiger partial charge in [0.15, 0.2) is 5.78 Å². The number of aromatic nitrogens is 2. The van der Waals surface area contributed by atoms with Crippen LogP contribution in [0.3, 0.4) is 0 Å². The summed E-state index contributed by atoms with van der Waals surface area (Å²) >= 11 is 5.83. The molecule has 9 heteroatoms. The second-order valence-corrected chi connectivity index (χ2v) is 6.68. The highest BCUT2D eigenvalue weighted by Gasteiger charge is 2.27. The van der Waals surface area contributed by atoms with E-state index in [1.165, 1.54) is 12.1 Å². The van der Waals surface area contributed by atoms with Gasteiger partial charge in [-0.1, -0.05) is 18.5 Å². The molecule has 1 unspecified atom stereocenters. The quantitative estimate of drug-likeness (QED) is 0.650. The molecule has 0 radical (unpaired) electrons. The van der Waals surface area contributed by atoms with E-state index in [4.69, 9.17) is 11.6 Å². The van der Waals surface area contributed by atoms with E-state index in [0.717, 1.165) is 6.07 Å². The highest BCUT2D eigenvalue weighted by Crippen LogP contribution is 2.27. The number of nitrogens with zero attached hydrogens (tertiary/aromatic N) is 3. The summed E-state index contributed by atoms with van der Waals surface area (Å²) in [4.78, 5) is 43.2. The molecule has 1 heterocycles. The lowest BCUT2D eigenvalue weighted by atomic mass is 9.86. The maximum Gasteiger partial charge on any atom is 0.287 e. The summed E-state index contributed by atoms with van der Waals surface area (Å²) in [6.07, 6.45) is 1.10. The lowest BCUT2D eigenvalue weighted by Gasteiger charge is -2.21. The van der Waals surface area contributed by atoms with Crippen LogP contribution in [0.5, 0.6) is 0 Å². The van der Waals surface area contributed by atoms with Gasteiger partial charge in [0.25, 0.3) is 11.6 Å². The number of nitrogens with one attached hydrogen (secondary N) is 1. The summed E-state index contributed by atoms with van der Waals surface area (Å²) in [6.45, 7) is 3.67. The maximum atomic E-state index is 12.4. The van der Waals surface area contributed by atoms with Crippen LogP contribution >= 0.6 is 11.6 Å². The van der Waals surface area contributed by atoms with E-state index in [0.29, 0.717) is 29.8 Å². The number of halogens is 1. The Kier molecular flexibility index (Phi) is 4.69. The van der Waals surface area contributed by atoms with Crippen molar-refractivity contribution in [2.75, 3.05) is 5.32 Å². The number of nitro groups is 1. The van der Waals surface area contributed by atoms with Crippen LogP contribution in [0.2, 0.25) is 5.02 Å². The van der Waals surface area contributed by atoms with Crippen LogP contribution in [-0.2, 0) is 6.42 Å². The zero-order valence-corrected chi connectivity index (χ0v) is 14.8. The van der Waals surface area contributed by atoms with Gasteiger partial charge in [0.2, 0.25) is 5.95 Å². The highest BCUT2D eigenvalue weighted by atomic mass is 35.5. The van der Waals surface area contributed by atoms with E-state index in [1.54, 1.807) is 6.92 Å². The van der Waals surface area contributed by atoms with Gasteiger partial charge in [-0.2, -0.15) is 0 Å². The summed E-state index contributed by atoms with van der Waals surface area (Å²) in [7, 11) is 0. The monoisotopic (exact) mass is 374 g/mol. The van der Waals surface area contributed by atoms with Gasteiger partial charge in [-0.15, -0.1) is 0 Å². The van der Waals surface area contributed by atoms with E-state index in [2.05, 4.69) is 15.3 Å². The Morgan fingerprint density at radius 3 is 2.73 bits per heavy atom. The van der Waals surface area contributed by atoms with Crippen molar-refractivity contribution in [1.82, 2.24) is 9.97 Å². The van der Waals surface area contributed by atoms with E-state index < -0.39 is 10.8 Å². The van der Waals surface area contributed by atoms with Crippen LogP contribution < -0.4 is 5.32 Å². The van der Waals surface area contributed by atoms with Gasteiger partial charge >= 0.3 is 0 Å². The number of amides is 1. The van der Waals surface area contributed by atoms with Crippen molar-refractivity contribution >= 4 is 34.9 Å². The molecule has 134 valence electrons. The van der Waals surface area contributed by atoms with Crippen molar-refractivity contribution in [2.45, 2.75) is 26.7 Å². The highest BCUT2D eigenvalue weighted by molar-refractivity contribution is 6.33. The van der Waals surface area contributed by atoms with Gasteiger partial charge in [0.1, 0.15) is 5.02 Å². The Hall–Kier alpha value is -2.87. The van der Waals surface area contributed by atoms with Crippen LogP contribution in [0.25, 0.3) is 0 Å². The lowest BCUT2D eigenvalue weighted by molar-refractivity contribution is -0.384. The molecule has 8 nitrogen and oxygen atoms in total. The van der Waals surface area contributed by atoms with E-state index in [9.17, 15) is 19.7 Å². The molecule has 1 aliphatic carbocycles. The molecule has 26 heavy (non-hydrogen) atoms. The Morgan fingerprint density at radius 1 is 1.35 bits per heavy atom. The van der Waals surface area contributed by atoms with Crippen LogP contribution in [0.1, 0.15) is 45.4 Å². The molecule has 1 aromatic carbocycles. The van der Waals surface area contributed by atoms with Crippen LogP contribution in [0.4, 0.5) is 11.6 Å². The SMILES string of the molecule is Cc1nc(NC(=O)c2ccc([N+](=O)[O-])c(Cl)c2)nc2c1C(=O)CC(C)C2. The molecule has 0 saturated heterocycles. The second-order valence-electron chi connectivity index (χ2n) is 6.27. The first kappa shape index (κ1) is 17.9. The predicted octanol–water partition coefficient (Wildman–Crippen LogP) is 3.36. The first-order valence-corrected chi connectivity index (χ1v) is 8.30. The van der Waals surface area contributed by atoms with E-state index in [-0.39, 0.29) is 33.9 Å². The number of benzene rings is 1. The minimum atomic E-state index is -0.627. The maximum absolute atomic E-state index is 12.4. The minimum absolute atomic E-state index is 0.0104. The Labute approximate surface area is 153 Å². The topological polar surface area (TPSA) is 115 Å². The van der Waals surface area contributed by atoms with Crippen molar-refractivity contribution < 1.29 is 14.5 Å². The smallest absolute Gasteiger partial charge is 0.287 e. The van der Waals surface area contributed by atoms with Gasteiger partial charge in [-0.3, -0.25) is 25.0 Å². The van der Waals surface area contributed by atoms with Gasteiger partial charge in [-0.05, 0) is 31.4 Å². The molecule has 1 amide bonds.